The fourth-order valence-corrected chi connectivity index (χ4v) is 4.16. The lowest BCUT2D eigenvalue weighted by Gasteiger charge is -2.15. The van der Waals surface area contributed by atoms with E-state index >= 15 is 0 Å². The molecule has 2 heterocycles. The van der Waals surface area contributed by atoms with Gasteiger partial charge in [-0.2, -0.15) is 0 Å². The number of amides is 1. The number of hydrogen-bond donors (Lipinski definition) is 1. The van der Waals surface area contributed by atoms with Crippen LogP contribution in [0.2, 0.25) is 0 Å². The Morgan fingerprint density at radius 2 is 2.17 bits per heavy atom. The van der Waals surface area contributed by atoms with E-state index in [0.717, 1.165) is 23.3 Å². The monoisotopic (exact) mass is 325 g/mol. The number of rotatable bonds is 4. The van der Waals surface area contributed by atoms with Crippen LogP contribution in [0.25, 0.3) is 11.0 Å². The largest absolute Gasteiger partial charge is 0.340 e. The van der Waals surface area contributed by atoms with Crippen LogP contribution in [-0.2, 0) is 11.3 Å². The minimum atomic E-state index is 0.141. The summed E-state index contributed by atoms with van der Waals surface area (Å²) in [4.78, 5) is 24.9. The van der Waals surface area contributed by atoms with Crippen LogP contribution < -0.4 is 0 Å². The summed E-state index contributed by atoms with van der Waals surface area (Å²) in [5.74, 6) is 1.62. The van der Waals surface area contributed by atoms with Gasteiger partial charge in [0.05, 0.1) is 17.6 Å². The first kappa shape index (κ1) is 14.5. The quantitative estimate of drug-likeness (QED) is 0.795. The van der Waals surface area contributed by atoms with Crippen LogP contribution in [-0.4, -0.2) is 27.8 Å². The van der Waals surface area contributed by atoms with E-state index < -0.39 is 0 Å². The number of H-pyrrole nitrogens is 1. The molecule has 1 aromatic carbocycles. The number of carbonyl (C=O) groups is 1. The van der Waals surface area contributed by atoms with Crippen molar-refractivity contribution < 1.29 is 4.79 Å². The number of nitrogens with zero attached hydrogens (tertiary/aromatic N) is 2. The van der Waals surface area contributed by atoms with E-state index in [4.69, 9.17) is 0 Å². The van der Waals surface area contributed by atoms with E-state index in [9.17, 15) is 4.79 Å². The molecule has 1 aliphatic rings. The number of aromatic nitrogens is 2. The smallest absolute Gasteiger partial charge is 0.226 e. The van der Waals surface area contributed by atoms with Gasteiger partial charge in [0.25, 0.3) is 0 Å². The zero-order valence-corrected chi connectivity index (χ0v) is 14.1. The molecule has 118 valence electrons. The van der Waals surface area contributed by atoms with Crippen LogP contribution in [0.5, 0.6) is 0 Å². The Bertz CT molecular complexity index is 833. The number of para-hydroxylation sites is 2. The SMILES string of the molecule is Cc1ccc([C@H]2C[C@H]2C(=O)N(C)Cc2nc3ccccc3[nH]2)s1. The van der Waals surface area contributed by atoms with E-state index in [1.807, 2.05) is 42.6 Å². The predicted octanol–water partition coefficient (Wildman–Crippen LogP) is 3.69. The third-order valence-electron chi connectivity index (χ3n) is 4.44. The number of fused-ring (bicyclic) bond motifs is 1. The Hall–Kier alpha value is -2.14. The lowest BCUT2D eigenvalue weighted by atomic mass is 10.2. The van der Waals surface area contributed by atoms with Gasteiger partial charge in [-0.25, -0.2) is 4.98 Å². The molecule has 0 saturated heterocycles. The van der Waals surface area contributed by atoms with Gasteiger partial charge in [0.15, 0.2) is 0 Å². The van der Waals surface area contributed by atoms with Gasteiger partial charge in [-0.05, 0) is 37.6 Å². The third kappa shape index (κ3) is 2.77. The minimum absolute atomic E-state index is 0.141. The third-order valence-corrected chi connectivity index (χ3v) is 5.57. The second-order valence-electron chi connectivity index (χ2n) is 6.29. The molecule has 5 heteroatoms. The van der Waals surface area contributed by atoms with E-state index in [1.165, 1.54) is 9.75 Å². The van der Waals surface area contributed by atoms with Crippen molar-refractivity contribution in [2.45, 2.75) is 25.8 Å². The number of imidazole rings is 1. The molecule has 23 heavy (non-hydrogen) atoms. The van der Waals surface area contributed by atoms with Crippen molar-refractivity contribution in [1.29, 1.82) is 0 Å². The van der Waals surface area contributed by atoms with Crippen molar-refractivity contribution in [3.63, 3.8) is 0 Å². The molecule has 1 aliphatic carbocycles. The van der Waals surface area contributed by atoms with Crippen molar-refractivity contribution in [2.24, 2.45) is 5.92 Å². The molecule has 1 N–H and O–H groups in total. The number of aryl methyl sites for hydroxylation is 1. The summed E-state index contributed by atoms with van der Waals surface area (Å²) < 4.78 is 0. The highest BCUT2D eigenvalue weighted by Gasteiger charge is 2.45. The van der Waals surface area contributed by atoms with Crippen molar-refractivity contribution >= 4 is 28.3 Å². The van der Waals surface area contributed by atoms with Crippen LogP contribution in [0.3, 0.4) is 0 Å². The average Bonchev–Trinajstić information content (AvgIpc) is 3.04. The molecule has 3 aromatic rings. The molecule has 1 fully saturated rings. The number of benzene rings is 1. The fraction of sp³-hybridized carbons (Fsp3) is 0.333. The highest BCUT2D eigenvalue weighted by molar-refractivity contribution is 7.12. The Kier molecular flexibility index (Phi) is 3.45. The van der Waals surface area contributed by atoms with Crippen LogP contribution >= 0.6 is 11.3 Å². The molecule has 1 saturated carbocycles. The first-order valence-electron chi connectivity index (χ1n) is 7.87. The maximum atomic E-state index is 12.6. The summed E-state index contributed by atoms with van der Waals surface area (Å²) in [6, 6.07) is 12.2. The van der Waals surface area contributed by atoms with Gasteiger partial charge in [-0.15, -0.1) is 11.3 Å². The van der Waals surface area contributed by atoms with Gasteiger partial charge in [-0.3, -0.25) is 4.79 Å². The Morgan fingerprint density at radius 3 is 2.91 bits per heavy atom. The van der Waals surface area contributed by atoms with Crippen molar-refractivity contribution in [2.75, 3.05) is 7.05 Å². The molecule has 0 spiro atoms. The summed E-state index contributed by atoms with van der Waals surface area (Å²) in [7, 11) is 1.87. The first-order valence-corrected chi connectivity index (χ1v) is 8.68. The zero-order chi connectivity index (χ0) is 16.0. The molecule has 0 aliphatic heterocycles. The molecule has 4 nitrogen and oxygen atoms in total. The van der Waals surface area contributed by atoms with E-state index in [-0.39, 0.29) is 11.8 Å². The van der Waals surface area contributed by atoms with E-state index in [1.54, 1.807) is 4.90 Å². The Labute approximate surface area is 139 Å². The van der Waals surface area contributed by atoms with Crippen LogP contribution in [0.4, 0.5) is 0 Å². The minimum Gasteiger partial charge on any atom is -0.340 e. The summed E-state index contributed by atoms with van der Waals surface area (Å²) in [6.45, 7) is 2.64. The lowest BCUT2D eigenvalue weighted by Crippen LogP contribution is -2.28. The summed E-state index contributed by atoms with van der Waals surface area (Å²) >= 11 is 1.81. The predicted molar refractivity (Wildman–Crippen MR) is 92.5 cm³/mol. The molecule has 0 unspecified atom stereocenters. The normalized spacial score (nSPS) is 19.9. The number of aromatic amines is 1. The molecule has 2 atom stereocenters. The topological polar surface area (TPSA) is 49.0 Å². The van der Waals surface area contributed by atoms with Crippen LogP contribution in [0, 0.1) is 12.8 Å². The molecule has 0 radical (unpaired) electrons. The van der Waals surface area contributed by atoms with Gasteiger partial charge in [-0.1, -0.05) is 12.1 Å². The molecular formula is C18H19N3OS. The molecular weight excluding hydrogens is 306 g/mol. The zero-order valence-electron chi connectivity index (χ0n) is 13.2. The molecule has 2 aromatic heterocycles. The van der Waals surface area contributed by atoms with Gasteiger partial charge in [0, 0.05) is 28.6 Å². The second-order valence-corrected chi connectivity index (χ2v) is 7.61. The summed E-state index contributed by atoms with van der Waals surface area (Å²) in [5.41, 5.74) is 1.96. The van der Waals surface area contributed by atoms with E-state index in [2.05, 4.69) is 29.0 Å². The van der Waals surface area contributed by atoms with E-state index in [0.29, 0.717) is 12.5 Å². The first-order chi connectivity index (χ1) is 11.1. The number of carbonyl (C=O) groups excluding carboxylic acids is 1. The van der Waals surface area contributed by atoms with Crippen molar-refractivity contribution in [3.8, 4) is 0 Å². The standard InChI is InChI=1S/C18H19N3OS/c1-11-7-8-16(23-11)12-9-13(12)18(22)21(2)10-17-19-14-5-3-4-6-15(14)20-17/h3-8,12-13H,9-10H2,1-2H3,(H,19,20)/t12-,13+/m0/s1. The van der Waals surface area contributed by atoms with Gasteiger partial charge < -0.3 is 9.88 Å². The lowest BCUT2D eigenvalue weighted by molar-refractivity contribution is -0.132. The summed E-state index contributed by atoms with van der Waals surface area (Å²) in [5, 5.41) is 0. The molecule has 0 bridgehead atoms. The van der Waals surface area contributed by atoms with Gasteiger partial charge >= 0.3 is 0 Å². The van der Waals surface area contributed by atoms with Crippen LogP contribution in [0.1, 0.15) is 27.9 Å². The van der Waals surface area contributed by atoms with Crippen LogP contribution in [0.15, 0.2) is 36.4 Å². The van der Waals surface area contributed by atoms with Gasteiger partial charge in [0.2, 0.25) is 5.91 Å². The number of nitrogens with one attached hydrogen (secondary N) is 1. The Morgan fingerprint density at radius 1 is 1.35 bits per heavy atom. The van der Waals surface area contributed by atoms with Crippen molar-refractivity contribution in [1.82, 2.24) is 14.9 Å². The highest BCUT2D eigenvalue weighted by Crippen LogP contribution is 2.50. The average molecular weight is 325 g/mol. The molecule has 4 rings (SSSR count). The fourth-order valence-electron chi connectivity index (χ4n) is 3.10. The number of hydrogen-bond acceptors (Lipinski definition) is 3. The number of thiophene rings is 1. The van der Waals surface area contributed by atoms with Crippen molar-refractivity contribution in [3.05, 3.63) is 52.0 Å². The molecule has 1 amide bonds. The maximum Gasteiger partial charge on any atom is 0.226 e. The summed E-state index contributed by atoms with van der Waals surface area (Å²) in [6.07, 6.45) is 0.975. The second kappa shape index (κ2) is 5.49. The highest BCUT2D eigenvalue weighted by atomic mass is 32.1. The Balaban J connectivity index is 1.43. The maximum absolute atomic E-state index is 12.6. The van der Waals surface area contributed by atoms with Gasteiger partial charge in [0.1, 0.15) is 5.82 Å².